The second-order valence-corrected chi connectivity index (χ2v) is 5.49. The van der Waals surface area contributed by atoms with Gasteiger partial charge in [-0.1, -0.05) is 38.8 Å². The lowest BCUT2D eigenvalue weighted by atomic mass is 9.75. The molecule has 0 N–H and O–H groups in total. The van der Waals surface area contributed by atoms with Crippen LogP contribution in [-0.2, 0) is 4.74 Å². The second kappa shape index (κ2) is 6.00. The largest absolute Gasteiger partial charge is 0.479 e. The van der Waals surface area contributed by atoms with E-state index in [4.69, 9.17) is 27.9 Å². The van der Waals surface area contributed by atoms with Crippen LogP contribution in [0.25, 0.3) is 0 Å². The van der Waals surface area contributed by atoms with Gasteiger partial charge in [-0.25, -0.2) is 0 Å². The van der Waals surface area contributed by atoms with Gasteiger partial charge in [-0.3, -0.25) is 0 Å². The lowest BCUT2D eigenvalue weighted by molar-refractivity contribution is 0.00831. The van der Waals surface area contributed by atoms with Crippen molar-refractivity contribution in [3.8, 4) is 0 Å². The summed E-state index contributed by atoms with van der Waals surface area (Å²) in [6.07, 6.45) is 3.85. The number of halogens is 2. The molecule has 15 heavy (non-hydrogen) atoms. The lowest BCUT2D eigenvalue weighted by Crippen LogP contribution is -2.33. The maximum absolute atomic E-state index is 5.82. The molecule has 0 amide bonds. The Balaban J connectivity index is 2.62. The minimum atomic E-state index is 0.233. The van der Waals surface area contributed by atoms with Gasteiger partial charge in [0.1, 0.15) is 6.10 Å². The first kappa shape index (κ1) is 13.2. The second-order valence-electron chi connectivity index (χ2n) is 4.90. The van der Waals surface area contributed by atoms with E-state index in [9.17, 15) is 0 Å². The quantitative estimate of drug-likeness (QED) is 0.658. The Bertz CT molecular complexity index is 226. The molecule has 0 spiro atoms. The van der Waals surface area contributed by atoms with Crippen molar-refractivity contribution in [1.82, 2.24) is 0 Å². The molecule has 0 aromatic heterocycles. The van der Waals surface area contributed by atoms with Crippen LogP contribution in [0.4, 0.5) is 0 Å². The van der Waals surface area contributed by atoms with Crippen LogP contribution in [0.2, 0.25) is 0 Å². The SMILES string of the molecule is CC(C)[C@H]1CC[C@H](C)C[C@@H]1O/C(Cl)=C\Cl. The molecule has 1 fully saturated rings. The zero-order chi connectivity index (χ0) is 11.4. The first-order chi connectivity index (χ1) is 7.04. The van der Waals surface area contributed by atoms with Gasteiger partial charge in [0.2, 0.25) is 0 Å². The zero-order valence-corrected chi connectivity index (χ0v) is 11.2. The molecule has 1 nitrogen and oxygen atoms in total. The van der Waals surface area contributed by atoms with Gasteiger partial charge in [-0.2, -0.15) is 0 Å². The van der Waals surface area contributed by atoms with E-state index < -0.39 is 0 Å². The Morgan fingerprint density at radius 1 is 1.40 bits per heavy atom. The van der Waals surface area contributed by atoms with Gasteiger partial charge in [0, 0.05) is 0 Å². The summed E-state index contributed by atoms with van der Waals surface area (Å²) in [6.45, 7) is 6.76. The third kappa shape index (κ3) is 3.88. The van der Waals surface area contributed by atoms with Crippen LogP contribution >= 0.6 is 23.2 Å². The number of hydrogen-bond donors (Lipinski definition) is 0. The molecule has 1 aliphatic carbocycles. The summed E-state index contributed by atoms with van der Waals surface area (Å²) in [5, 5.41) is 0.321. The smallest absolute Gasteiger partial charge is 0.198 e. The van der Waals surface area contributed by atoms with E-state index >= 15 is 0 Å². The highest BCUT2D eigenvalue weighted by Gasteiger charge is 2.32. The van der Waals surface area contributed by atoms with Crippen molar-refractivity contribution in [3.05, 3.63) is 10.8 Å². The Hall–Kier alpha value is 0.120. The molecule has 3 heteroatoms. The fraction of sp³-hybridized carbons (Fsp3) is 0.833. The van der Waals surface area contributed by atoms with Gasteiger partial charge in [0.25, 0.3) is 0 Å². The summed E-state index contributed by atoms with van der Waals surface area (Å²) in [5.74, 6) is 1.97. The molecule has 0 bridgehead atoms. The van der Waals surface area contributed by atoms with Crippen molar-refractivity contribution >= 4 is 23.2 Å². The van der Waals surface area contributed by atoms with Crippen LogP contribution in [0, 0.1) is 17.8 Å². The van der Waals surface area contributed by atoms with Crippen LogP contribution < -0.4 is 0 Å². The molecule has 0 aliphatic heterocycles. The van der Waals surface area contributed by atoms with E-state index in [1.807, 2.05) is 0 Å². The molecule has 3 atom stereocenters. The molecule has 88 valence electrons. The predicted octanol–water partition coefficient (Wildman–Crippen LogP) is 4.74. The van der Waals surface area contributed by atoms with Gasteiger partial charge in [-0.15, -0.1) is 0 Å². The number of ether oxygens (including phenoxy) is 1. The summed E-state index contributed by atoms with van der Waals surface area (Å²) in [5.41, 5.74) is 1.30. The van der Waals surface area contributed by atoms with Gasteiger partial charge in [-0.05, 0) is 42.2 Å². The number of rotatable bonds is 3. The van der Waals surface area contributed by atoms with E-state index in [0.29, 0.717) is 17.1 Å². The molecule has 1 saturated carbocycles. The van der Waals surface area contributed by atoms with E-state index in [2.05, 4.69) is 20.8 Å². The standard InChI is InChI=1S/C12H20Cl2O/c1-8(2)10-5-4-9(3)6-11(10)15-12(14)7-13/h7-11H,4-6H2,1-3H3/b12-7-/t9-,10+,11-/m0/s1. The van der Waals surface area contributed by atoms with E-state index in [1.165, 1.54) is 18.4 Å². The fourth-order valence-corrected chi connectivity index (χ4v) is 2.59. The van der Waals surface area contributed by atoms with Crippen molar-refractivity contribution in [2.45, 2.75) is 46.1 Å². The van der Waals surface area contributed by atoms with Crippen molar-refractivity contribution < 1.29 is 4.74 Å². The van der Waals surface area contributed by atoms with Crippen LogP contribution in [0.5, 0.6) is 0 Å². The highest BCUT2D eigenvalue weighted by Crippen LogP contribution is 2.36. The topological polar surface area (TPSA) is 9.23 Å². The third-order valence-electron chi connectivity index (χ3n) is 3.31. The van der Waals surface area contributed by atoms with Gasteiger partial charge in [0.15, 0.2) is 5.22 Å². The molecular weight excluding hydrogens is 231 g/mol. The molecule has 0 unspecified atom stereocenters. The first-order valence-electron chi connectivity index (χ1n) is 5.67. The van der Waals surface area contributed by atoms with E-state index in [0.717, 1.165) is 12.3 Å². The Kier molecular flexibility index (Phi) is 5.28. The van der Waals surface area contributed by atoms with Crippen molar-refractivity contribution in [2.75, 3.05) is 0 Å². The van der Waals surface area contributed by atoms with Crippen LogP contribution in [0.15, 0.2) is 10.8 Å². The Morgan fingerprint density at radius 2 is 2.07 bits per heavy atom. The number of hydrogen-bond acceptors (Lipinski definition) is 1. The minimum Gasteiger partial charge on any atom is -0.479 e. The highest BCUT2D eigenvalue weighted by atomic mass is 35.5. The van der Waals surface area contributed by atoms with Crippen LogP contribution in [0.3, 0.4) is 0 Å². The lowest BCUT2D eigenvalue weighted by Gasteiger charge is -2.36. The molecule has 0 saturated heterocycles. The van der Waals surface area contributed by atoms with Gasteiger partial charge in [0.05, 0.1) is 5.54 Å². The van der Waals surface area contributed by atoms with E-state index in [1.54, 1.807) is 0 Å². The Labute approximate surface area is 103 Å². The van der Waals surface area contributed by atoms with Crippen molar-refractivity contribution in [2.24, 2.45) is 17.8 Å². The van der Waals surface area contributed by atoms with Crippen molar-refractivity contribution in [3.63, 3.8) is 0 Å². The first-order valence-corrected chi connectivity index (χ1v) is 6.48. The average molecular weight is 251 g/mol. The van der Waals surface area contributed by atoms with Crippen LogP contribution in [0.1, 0.15) is 40.0 Å². The highest BCUT2D eigenvalue weighted by molar-refractivity contribution is 6.35. The molecule has 0 radical (unpaired) electrons. The molecule has 1 aliphatic rings. The summed E-state index contributed by atoms with van der Waals surface area (Å²) >= 11 is 11.3. The summed E-state index contributed by atoms with van der Waals surface area (Å²) in [6, 6.07) is 0. The molecule has 0 aromatic rings. The summed E-state index contributed by atoms with van der Waals surface area (Å²) in [4.78, 5) is 0. The Morgan fingerprint density at radius 3 is 2.60 bits per heavy atom. The molecule has 0 aromatic carbocycles. The van der Waals surface area contributed by atoms with Crippen molar-refractivity contribution in [1.29, 1.82) is 0 Å². The van der Waals surface area contributed by atoms with Crippen LogP contribution in [-0.4, -0.2) is 6.10 Å². The van der Waals surface area contributed by atoms with E-state index in [-0.39, 0.29) is 6.10 Å². The summed E-state index contributed by atoms with van der Waals surface area (Å²) in [7, 11) is 0. The third-order valence-corrected chi connectivity index (χ3v) is 3.82. The predicted molar refractivity (Wildman–Crippen MR) is 66.0 cm³/mol. The average Bonchev–Trinajstić information content (AvgIpc) is 2.17. The zero-order valence-electron chi connectivity index (χ0n) is 9.67. The minimum absolute atomic E-state index is 0.233. The maximum Gasteiger partial charge on any atom is 0.198 e. The van der Waals surface area contributed by atoms with Gasteiger partial charge >= 0.3 is 0 Å². The summed E-state index contributed by atoms with van der Waals surface area (Å²) < 4.78 is 5.68. The monoisotopic (exact) mass is 250 g/mol. The molecule has 0 heterocycles. The molecular formula is C12H20Cl2O. The fourth-order valence-electron chi connectivity index (χ4n) is 2.42. The normalized spacial score (nSPS) is 33.2. The maximum atomic E-state index is 5.82. The molecule has 1 rings (SSSR count). The van der Waals surface area contributed by atoms with Gasteiger partial charge < -0.3 is 4.74 Å².